The Bertz CT molecular complexity index is 556. The first kappa shape index (κ1) is 18.7. The second-order valence-corrected chi connectivity index (χ2v) is 6.59. The first-order valence-electron chi connectivity index (χ1n) is 6.71. The molecule has 0 amide bonds. The molecule has 1 atom stereocenters. The van der Waals surface area contributed by atoms with Gasteiger partial charge < -0.3 is 9.05 Å². The zero-order valence-electron chi connectivity index (χ0n) is 12.3. The molecule has 0 aliphatic heterocycles. The number of nitriles is 1. The van der Waals surface area contributed by atoms with E-state index in [2.05, 4.69) is 0 Å². The number of halogens is 3. The van der Waals surface area contributed by atoms with Crippen LogP contribution in [0.3, 0.4) is 0 Å². The molecule has 0 saturated carbocycles. The number of hydrogen-bond donors (Lipinski definition) is 0. The molecule has 0 aliphatic carbocycles. The lowest BCUT2D eigenvalue weighted by molar-refractivity contribution is -0.137. The minimum atomic E-state index is -4.45. The molecule has 0 aliphatic rings. The lowest BCUT2D eigenvalue weighted by atomic mass is 10.1. The van der Waals surface area contributed by atoms with Gasteiger partial charge in [-0.3, -0.25) is 4.57 Å². The summed E-state index contributed by atoms with van der Waals surface area (Å²) in [6.07, 6.45) is -4.63. The SMILES string of the molecule is CCOP(=O)(OCC)C(CC#N)c1ccc(C(F)(F)F)cc1. The van der Waals surface area contributed by atoms with Gasteiger partial charge >= 0.3 is 13.8 Å². The molecule has 1 aromatic rings. The zero-order chi connectivity index (χ0) is 16.8. The molecule has 0 N–H and O–H groups in total. The Labute approximate surface area is 127 Å². The largest absolute Gasteiger partial charge is 0.416 e. The van der Waals surface area contributed by atoms with E-state index in [4.69, 9.17) is 14.3 Å². The fourth-order valence-corrected chi connectivity index (χ4v) is 3.97. The predicted molar refractivity (Wildman–Crippen MR) is 75.3 cm³/mol. The van der Waals surface area contributed by atoms with Crippen LogP contribution >= 0.6 is 7.60 Å². The molecule has 0 heterocycles. The molecule has 0 bridgehead atoms. The average molecular weight is 335 g/mol. The second kappa shape index (κ2) is 7.77. The maximum atomic E-state index is 12.8. The molecule has 0 fully saturated rings. The summed E-state index contributed by atoms with van der Waals surface area (Å²) in [5.41, 5.74) is -1.41. The van der Waals surface area contributed by atoms with Crippen LogP contribution in [0, 0.1) is 11.3 Å². The number of nitrogens with zero attached hydrogens (tertiary/aromatic N) is 1. The third kappa shape index (κ3) is 4.57. The molecule has 122 valence electrons. The molecule has 4 nitrogen and oxygen atoms in total. The molecule has 8 heteroatoms. The number of benzene rings is 1. The highest BCUT2D eigenvalue weighted by Gasteiger charge is 2.37. The highest BCUT2D eigenvalue weighted by Crippen LogP contribution is 2.62. The van der Waals surface area contributed by atoms with E-state index in [0.29, 0.717) is 5.56 Å². The van der Waals surface area contributed by atoms with Gasteiger partial charge in [-0.2, -0.15) is 18.4 Å². The van der Waals surface area contributed by atoms with Crippen molar-refractivity contribution in [2.45, 2.75) is 32.1 Å². The first-order valence-corrected chi connectivity index (χ1v) is 8.32. The Hall–Kier alpha value is -1.35. The molecular formula is C14H17F3NO3P. The number of alkyl halides is 3. The predicted octanol–water partition coefficient (Wildman–Crippen LogP) is 4.93. The van der Waals surface area contributed by atoms with Crippen molar-refractivity contribution in [1.29, 1.82) is 5.26 Å². The normalized spacial score (nSPS) is 13.6. The van der Waals surface area contributed by atoms with Crippen molar-refractivity contribution in [3.8, 4) is 6.07 Å². The summed E-state index contributed by atoms with van der Waals surface area (Å²) in [7, 11) is -3.63. The quantitative estimate of drug-likeness (QED) is 0.663. The van der Waals surface area contributed by atoms with E-state index in [9.17, 15) is 17.7 Å². The fraction of sp³-hybridized carbons (Fsp3) is 0.500. The molecule has 0 aromatic heterocycles. The number of hydrogen-bond acceptors (Lipinski definition) is 4. The van der Waals surface area contributed by atoms with Crippen LogP contribution in [-0.4, -0.2) is 13.2 Å². The lowest BCUT2D eigenvalue weighted by Gasteiger charge is -2.25. The topological polar surface area (TPSA) is 59.3 Å². The van der Waals surface area contributed by atoms with Crippen molar-refractivity contribution in [2.75, 3.05) is 13.2 Å². The minimum Gasteiger partial charge on any atom is -0.308 e. The van der Waals surface area contributed by atoms with Crippen LogP contribution < -0.4 is 0 Å². The van der Waals surface area contributed by atoms with Gasteiger partial charge in [0, 0.05) is 0 Å². The van der Waals surface area contributed by atoms with Crippen LogP contribution in [0.5, 0.6) is 0 Å². The van der Waals surface area contributed by atoms with Gasteiger partial charge in [-0.15, -0.1) is 0 Å². The monoisotopic (exact) mass is 335 g/mol. The Morgan fingerprint density at radius 1 is 1.18 bits per heavy atom. The highest BCUT2D eigenvalue weighted by atomic mass is 31.2. The van der Waals surface area contributed by atoms with E-state index >= 15 is 0 Å². The van der Waals surface area contributed by atoms with Crippen LogP contribution in [0.15, 0.2) is 24.3 Å². The summed E-state index contributed by atoms with van der Waals surface area (Å²) in [5.74, 6) is 0. The van der Waals surface area contributed by atoms with Gasteiger partial charge in [-0.25, -0.2) is 0 Å². The molecule has 0 radical (unpaired) electrons. The van der Waals surface area contributed by atoms with Crippen molar-refractivity contribution in [1.82, 2.24) is 0 Å². The third-order valence-corrected chi connectivity index (χ3v) is 5.39. The summed E-state index contributed by atoms with van der Waals surface area (Å²) < 4.78 is 60.9. The van der Waals surface area contributed by atoms with E-state index in [0.717, 1.165) is 12.1 Å². The van der Waals surface area contributed by atoms with Crippen LogP contribution in [0.25, 0.3) is 0 Å². The summed E-state index contributed by atoms with van der Waals surface area (Å²) >= 11 is 0. The molecular weight excluding hydrogens is 318 g/mol. The summed E-state index contributed by atoms with van der Waals surface area (Å²) in [5, 5.41) is 8.92. The lowest BCUT2D eigenvalue weighted by Crippen LogP contribution is -2.08. The Balaban J connectivity index is 3.19. The molecule has 22 heavy (non-hydrogen) atoms. The fourth-order valence-electron chi connectivity index (χ4n) is 1.97. The third-order valence-electron chi connectivity index (χ3n) is 2.91. The summed E-state index contributed by atoms with van der Waals surface area (Å²) in [6.45, 7) is 3.48. The molecule has 0 saturated heterocycles. The van der Waals surface area contributed by atoms with Crippen molar-refractivity contribution in [2.24, 2.45) is 0 Å². The van der Waals surface area contributed by atoms with Crippen LogP contribution in [-0.2, 0) is 19.8 Å². The Kier molecular flexibility index (Phi) is 6.61. The zero-order valence-corrected chi connectivity index (χ0v) is 13.2. The average Bonchev–Trinajstić information content (AvgIpc) is 2.44. The molecule has 0 spiro atoms. The van der Waals surface area contributed by atoms with Crippen molar-refractivity contribution in [3.63, 3.8) is 0 Å². The highest BCUT2D eigenvalue weighted by molar-refractivity contribution is 7.54. The van der Waals surface area contributed by atoms with Crippen LogP contribution in [0.4, 0.5) is 13.2 Å². The van der Waals surface area contributed by atoms with Crippen molar-refractivity contribution < 1.29 is 26.8 Å². The first-order chi connectivity index (χ1) is 10.3. The molecule has 1 unspecified atom stereocenters. The van der Waals surface area contributed by atoms with E-state index in [1.165, 1.54) is 12.1 Å². The van der Waals surface area contributed by atoms with Gasteiger partial charge in [-0.1, -0.05) is 12.1 Å². The van der Waals surface area contributed by atoms with Crippen molar-refractivity contribution in [3.05, 3.63) is 35.4 Å². The van der Waals surface area contributed by atoms with Gasteiger partial charge in [-0.05, 0) is 31.5 Å². The smallest absolute Gasteiger partial charge is 0.308 e. The maximum Gasteiger partial charge on any atom is 0.416 e. The van der Waals surface area contributed by atoms with Gasteiger partial charge in [0.05, 0.1) is 36.9 Å². The number of rotatable bonds is 7. The van der Waals surface area contributed by atoms with Gasteiger partial charge in [0.1, 0.15) is 0 Å². The van der Waals surface area contributed by atoms with E-state index < -0.39 is 25.0 Å². The Morgan fingerprint density at radius 3 is 2.05 bits per heavy atom. The molecule has 1 rings (SSSR count). The van der Waals surface area contributed by atoms with Crippen molar-refractivity contribution >= 4 is 7.60 Å². The minimum absolute atomic E-state index is 0.111. The molecule has 1 aromatic carbocycles. The standard InChI is InChI=1S/C14H17F3NO3P/c1-3-20-22(19,21-4-2)13(9-10-18)11-5-7-12(8-6-11)14(15,16)17/h5-8,13H,3-4,9H2,1-2H3. The second-order valence-electron chi connectivity index (χ2n) is 4.37. The summed E-state index contributed by atoms with van der Waals surface area (Å²) in [4.78, 5) is 0. The summed E-state index contributed by atoms with van der Waals surface area (Å²) in [6, 6.07) is 6.07. The van der Waals surface area contributed by atoms with Gasteiger partial charge in [0.2, 0.25) is 0 Å². The van der Waals surface area contributed by atoms with E-state index in [1.54, 1.807) is 13.8 Å². The van der Waals surface area contributed by atoms with E-state index in [1.807, 2.05) is 6.07 Å². The van der Waals surface area contributed by atoms with Crippen LogP contribution in [0.1, 0.15) is 37.1 Å². The van der Waals surface area contributed by atoms with Crippen LogP contribution in [0.2, 0.25) is 0 Å². The maximum absolute atomic E-state index is 12.8. The van der Waals surface area contributed by atoms with Gasteiger partial charge in [0.15, 0.2) is 0 Å². The van der Waals surface area contributed by atoms with E-state index in [-0.39, 0.29) is 19.6 Å². The van der Waals surface area contributed by atoms with Gasteiger partial charge in [0.25, 0.3) is 0 Å². The Morgan fingerprint density at radius 2 is 1.68 bits per heavy atom.